The Bertz CT molecular complexity index is 1320. The molecule has 0 bridgehead atoms. The van der Waals surface area contributed by atoms with Gasteiger partial charge in [-0.25, -0.2) is 16.8 Å². The first-order chi connectivity index (χ1) is 15.4. The fourth-order valence-electron chi connectivity index (χ4n) is 3.30. The molecule has 0 aliphatic carbocycles. The maximum Gasteiger partial charge on any atom is 0.256 e. The highest BCUT2D eigenvalue weighted by molar-refractivity contribution is 8.04. The summed E-state index contributed by atoms with van der Waals surface area (Å²) in [6.45, 7) is -0.316. The monoisotopic (exact) mass is 463 g/mol. The summed E-state index contributed by atoms with van der Waals surface area (Å²) in [5, 5.41) is 0. The van der Waals surface area contributed by atoms with E-state index in [1.165, 1.54) is 24.3 Å². The first-order valence-electron chi connectivity index (χ1n) is 9.91. The molecule has 0 saturated heterocycles. The van der Waals surface area contributed by atoms with Crippen molar-refractivity contribution in [3.63, 3.8) is 0 Å². The fourth-order valence-corrected chi connectivity index (χ4v) is 6.96. The molecule has 0 spiro atoms. The normalized spacial score (nSPS) is 12.0. The van der Waals surface area contributed by atoms with Crippen LogP contribution in [0.4, 0.5) is 0 Å². The van der Waals surface area contributed by atoms with Gasteiger partial charge >= 0.3 is 0 Å². The summed E-state index contributed by atoms with van der Waals surface area (Å²) >= 11 is 0. The fraction of sp³-hybridized carbons (Fsp3) is 0.0400. The summed E-state index contributed by atoms with van der Waals surface area (Å²) in [5.74, 6) is 0. The van der Waals surface area contributed by atoms with E-state index in [-0.39, 0.29) is 16.3 Å². The van der Waals surface area contributed by atoms with Crippen molar-refractivity contribution in [1.82, 2.24) is 3.71 Å². The maximum absolute atomic E-state index is 13.4. The molecule has 5 nitrogen and oxygen atoms in total. The van der Waals surface area contributed by atoms with Crippen molar-refractivity contribution < 1.29 is 16.8 Å². The Balaban J connectivity index is 1.75. The van der Waals surface area contributed by atoms with Gasteiger partial charge < -0.3 is 0 Å². The van der Waals surface area contributed by atoms with Gasteiger partial charge in [-0.1, -0.05) is 94.7 Å². The molecular formula is C25H21NO4S2. The molecular weight excluding hydrogens is 442 g/mol. The van der Waals surface area contributed by atoms with Crippen LogP contribution in [0.3, 0.4) is 0 Å². The third-order valence-electron chi connectivity index (χ3n) is 4.99. The molecule has 0 N–H and O–H groups in total. The zero-order valence-electron chi connectivity index (χ0n) is 17.1. The molecule has 4 aromatic rings. The number of hydrogen-bond acceptors (Lipinski definition) is 4. The van der Waals surface area contributed by atoms with Crippen LogP contribution in [0.25, 0.3) is 11.1 Å². The van der Waals surface area contributed by atoms with Gasteiger partial charge in [-0.2, -0.15) is 0 Å². The van der Waals surface area contributed by atoms with E-state index in [0.717, 1.165) is 11.1 Å². The van der Waals surface area contributed by atoms with E-state index in [2.05, 4.69) is 0 Å². The second-order valence-corrected chi connectivity index (χ2v) is 11.1. The lowest BCUT2D eigenvalue weighted by Crippen LogP contribution is -2.36. The van der Waals surface area contributed by atoms with Gasteiger partial charge in [0.15, 0.2) is 0 Å². The average molecular weight is 464 g/mol. The van der Waals surface area contributed by atoms with Crippen LogP contribution in [0.5, 0.6) is 0 Å². The number of benzene rings is 4. The van der Waals surface area contributed by atoms with Crippen molar-refractivity contribution in [2.24, 2.45) is 0 Å². The lowest BCUT2D eigenvalue weighted by molar-refractivity contribution is 0.494. The minimum atomic E-state index is -4.32. The molecule has 0 amide bonds. The first kappa shape index (κ1) is 22.0. The molecule has 0 fully saturated rings. The lowest BCUT2D eigenvalue weighted by Gasteiger charge is -2.22. The highest BCUT2D eigenvalue weighted by atomic mass is 32.3. The van der Waals surface area contributed by atoms with Gasteiger partial charge in [0.1, 0.15) is 0 Å². The summed E-state index contributed by atoms with van der Waals surface area (Å²) in [6, 6.07) is 32.1. The zero-order chi connectivity index (χ0) is 22.6. The summed E-state index contributed by atoms with van der Waals surface area (Å²) in [5.41, 5.74) is 2.53. The Morgan fingerprint density at radius 2 is 0.844 bits per heavy atom. The Kier molecular flexibility index (Phi) is 6.23. The van der Waals surface area contributed by atoms with Gasteiger partial charge in [-0.05, 0) is 41.0 Å². The molecule has 0 saturated carbocycles. The second kappa shape index (κ2) is 9.08. The van der Waals surface area contributed by atoms with Crippen molar-refractivity contribution in [2.45, 2.75) is 16.3 Å². The van der Waals surface area contributed by atoms with Gasteiger partial charge in [-0.15, -0.1) is 0 Å². The number of nitrogens with zero attached hydrogens (tertiary/aromatic N) is 1. The Labute approximate surface area is 188 Å². The minimum absolute atomic E-state index is 0.0830. The third-order valence-corrected chi connectivity index (χ3v) is 9.23. The number of rotatable bonds is 7. The van der Waals surface area contributed by atoms with Crippen LogP contribution in [0, 0.1) is 0 Å². The van der Waals surface area contributed by atoms with Crippen LogP contribution in [-0.2, 0) is 26.6 Å². The van der Waals surface area contributed by atoms with Crippen LogP contribution < -0.4 is 0 Å². The van der Waals surface area contributed by atoms with E-state index in [1.807, 2.05) is 42.5 Å². The van der Waals surface area contributed by atoms with Crippen molar-refractivity contribution in [3.05, 3.63) is 121 Å². The molecule has 0 unspecified atom stereocenters. The summed E-state index contributed by atoms with van der Waals surface area (Å²) in [6.07, 6.45) is 0. The lowest BCUT2D eigenvalue weighted by atomic mass is 10.0. The maximum atomic E-state index is 13.4. The smallest absolute Gasteiger partial charge is 0.206 e. The van der Waals surface area contributed by atoms with E-state index in [4.69, 9.17) is 0 Å². The molecule has 0 heterocycles. The topological polar surface area (TPSA) is 71.5 Å². The second-order valence-electron chi connectivity index (χ2n) is 7.13. The van der Waals surface area contributed by atoms with E-state index >= 15 is 0 Å². The van der Waals surface area contributed by atoms with Crippen LogP contribution in [-0.4, -0.2) is 20.5 Å². The standard InChI is InChI=1S/C25H21NO4S2/c27-31(28,24-12-6-2-7-13-24)26(32(29,30)25-14-8-3-9-15-25)20-21-16-18-23(19-17-21)22-10-4-1-5-11-22/h1-19H,20H2. The van der Waals surface area contributed by atoms with Crippen LogP contribution in [0.2, 0.25) is 0 Å². The van der Waals surface area contributed by atoms with Crippen molar-refractivity contribution in [2.75, 3.05) is 0 Å². The zero-order valence-corrected chi connectivity index (χ0v) is 18.7. The van der Waals surface area contributed by atoms with Gasteiger partial charge in [0.25, 0.3) is 20.0 Å². The number of hydrogen-bond donors (Lipinski definition) is 0. The quantitative estimate of drug-likeness (QED) is 0.389. The van der Waals surface area contributed by atoms with Crippen molar-refractivity contribution in [1.29, 1.82) is 0 Å². The van der Waals surface area contributed by atoms with E-state index in [9.17, 15) is 16.8 Å². The highest BCUT2D eigenvalue weighted by Crippen LogP contribution is 2.27. The van der Waals surface area contributed by atoms with Crippen LogP contribution in [0.1, 0.15) is 5.56 Å². The molecule has 0 aromatic heterocycles. The molecule has 0 radical (unpaired) electrons. The molecule has 4 rings (SSSR count). The molecule has 0 aliphatic rings. The van der Waals surface area contributed by atoms with Gasteiger partial charge in [0.05, 0.1) is 16.3 Å². The minimum Gasteiger partial charge on any atom is -0.206 e. The molecule has 32 heavy (non-hydrogen) atoms. The molecule has 0 atom stereocenters. The predicted molar refractivity (Wildman–Crippen MR) is 125 cm³/mol. The van der Waals surface area contributed by atoms with Crippen molar-refractivity contribution >= 4 is 20.0 Å². The summed E-state index contributed by atoms with van der Waals surface area (Å²) in [7, 11) is -8.64. The van der Waals surface area contributed by atoms with E-state index in [1.54, 1.807) is 48.5 Å². The Morgan fingerprint density at radius 1 is 0.469 bits per heavy atom. The number of sulfonamides is 2. The van der Waals surface area contributed by atoms with Gasteiger partial charge in [-0.3, -0.25) is 0 Å². The molecule has 162 valence electrons. The third kappa shape index (κ3) is 4.50. The SMILES string of the molecule is O=S(=O)(c1ccccc1)N(Cc1ccc(-c2ccccc2)cc1)S(=O)(=O)c1ccccc1. The highest BCUT2D eigenvalue weighted by Gasteiger charge is 2.36. The van der Waals surface area contributed by atoms with E-state index < -0.39 is 20.0 Å². The average Bonchev–Trinajstić information content (AvgIpc) is 2.84. The molecule has 7 heteroatoms. The summed E-state index contributed by atoms with van der Waals surface area (Å²) in [4.78, 5) is -0.166. The van der Waals surface area contributed by atoms with E-state index in [0.29, 0.717) is 9.27 Å². The van der Waals surface area contributed by atoms with Crippen molar-refractivity contribution in [3.8, 4) is 11.1 Å². The Hall–Kier alpha value is -3.26. The first-order valence-corrected chi connectivity index (χ1v) is 12.8. The van der Waals surface area contributed by atoms with Crippen LogP contribution >= 0.6 is 0 Å². The van der Waals surface area contributed by atoms with Crippen LogP contribution in [0.15, 0.2) is 125 Å². The predicted octanol–water partition coefficient (Wildman–Crippen LogP) is 4.93. The summed E-state index contributed by atoms with van der Waals surface area (Å²) < 4.78 is 54.1. The largest absolute Gasteiger partial charge is 0.256 e. The molecule has 4 aromatic carbocycles. The van der Waals surface area contributed by atoms with Gasteiger partial charge in [0, 0.05) is 0 Å². The molecule has 0 aliphatic heterocycles. The Morgan fingerprint density at radius 3 is 1.28 bits per heavy atom. The van der Waals surface area contributed by atoms with Gasteiger partial charge in [0.2, 0.25) is 0 Å².